The van der Waals surface area contributed by atoms with E-state index in [4.69, 9.17) is 4.42 Å². The molecule has 23 heavy (non-hydrogen) atoms. The third-order valence-electron chi connectivity index (χ3n) is 3.31. The molecule has 0 saturated heterocycles. The summed E-state index contributed by atoms with van der Waals surface area (Å²) in [7, 11) is 0. The van der Waals surface area contributed by atoms with Gasteiger partial charge in [-0.15, -0.1) is 0 Å². The van der Waals surface area contributed by atoms with Crippen LogP contribution in [0.4, 0.5) is 8.78 Å². The first-order valence-electron chi connectivity index (χ1n) is 6.90. The largest absolute Gasteiger partial charge is 0.457 e. The van der Waals surface area contributed by atoms with E-state index in [-0.39, 0.29) is 17.0 Å². The van der Waals surface area contributed by atoms with Gasteiger partial charge in [0, 0.05) is 11.1 Å². The fourth-order valence-corrected chi connectivity index (χ4v) is 2.22. The van der Waals surface area contributed by atoms with Crippen LogP contribution >= 0.6 is 0 Å². The summed E-state index contributed by atoms with van der Waals surface area (Å²) < 4.78 is 32.6. The highest BCUT2D eigenvalue weighted by Crippen LogP contribution is 2.26. The van der Waals surface area contributed by atoms with Gasteiger partial charge in [0.2, 0.25) is 0 Å². The van der Waals surface area contributed by atoms with E-state index in [1.807, 2.05) is 6.07 Å². The lowest BCUT2D eigenvalue weighted by molar-refractivity contribution is 0.570. The van der Waals surface area contributed by atoms with Gasteiger partial charge in [-0.3, -0.25) is 0 Å². The molecule has 0 amide bonds. The van der Waals surface area contributed by atoms with E-state index in [0.717, 1.165) is 0 Å². The molecule has 3 aromatic rings. The van der Waals surface area contributed by atoms with E-state index in [1.54, 1.807) is 36.4 Å². The number of nitrogens with zero attached hydrogens (tertiary/aromatic N) is 1. The van der Waals surface area contributed by atoms with Crippen molar-refractivity contribution < 1.29 is 13.2 Å². The number of furan rings is 1. The van der Waals surface area contributed by atoms with E-state index < -0.39 is 5.82 Å². The van der Waals surface area contributed by atoms with Gasteiger partial charge in [-0.05, 0) is 36.4 Å². The van der Waals surface area contributed by atoms with Gasteiger partial charge in [0.15, 0.2) is 0 Å². The van der Waals surface area contributed by atoms with E-state index in [9.17, 15) is 14.0 Å². The standard InChI is InChI=1S/C19H11F2NO/c20-15-5-3-4-13(10-15)19-9-8-16(23-19)11-14(12-22)17-6-1-2-7-18(17)21/h1-11H. The number of rotatable bonds is 3. The van der Waals surface area contributed by atoms with Crippen molar-refractivity contribution in [2.75, 3.05) is 0 Å². The quantitative estimate of drug-likeness (QED) is 0.616. The molecule has 3 rings (SSSR count). The van der Waals surface area contributed by atoms with Gasteiger partial charge in [0.1, 0.15) is 23.2 Å². The predicted molar refractivity (Wildman–Crippen MR) is 84.0 cm³/mol. The Morgan fingerprint density at radius 1 is 1.00 bits per heavy atom. The monoisotopic (exact) mass is 307 g/mol. The first-order valence-corrected chi connectivity index (χ1v) is 6.90. The molecule has 1 heterocycles. The summed E-state index contributed by atoms with van der Waals surface area (Å²) in [5.74, 6) is 0.0305. The highest BCUT2D eigenvalue weighted by Gasteiger charge is 2.09. The van der Waals surface area contributed by atoms with Crippen LogP contribution < -0.4 is 0 Å². The maximum Gasteiger partial charge on any atom is 0.134 e. The van der Waals surface area contributed by atoms with Gasteiger partial charge < -0.3 is 4.42 Å². The lowest BCUT2D eigenvalue weighted by Crippen LogP contribution is -1.86. The first kappa shape index (κ1) is 14.7. The van der Waals surface area contributed by atoms with Crippen LogP contribution in [0.25, 0.3) is 23.0 Å². The van der Waals surface area contributed by atoms with Crippen LogP contribution in [0.5, 0.6) is 0 Å². The molecule has 0 saturated carbocycles. The summed E-state index contributed by atoms with van der Waals surface area (Å²) >= 11 is 0. The SMILES string of the molecule is N#CC(=Cc1ccc(-c2cccc(F)c2)o1)c1ccccc1F. The molecular weight excluding hydrogens is 296 g/mol. The Balaban J connectivity index is 1.97. The second-order valence-corrected chi connectivity index (χ2v) is 4.86. The minimum Gasteiger partial charge on any atom is -0.457 e. The summed E-state index contributed by atoms with van der Waals surface area (Å²) in [5, 5.41) is 9.25. The third-order valence-corrected chi connectivity index (χ3v) is 3.31. The van der Waals surface area contributed by atoms with Crippen LogP contribution in [0.2, 0.25) is 0 Å². The van der Waals surface area contributed by atoms with Crippen LogP contribution in [-0.2, 0) is 0 Å². The minimum absolute atomic E-state index is 0.156. The second kappa shape index (κ2) is 6.29. The third kappa shape index (κ3) is 3.19. The Labute approximate surface area is 131 Å². The lowest BCUT2D eigenvalue weighted by atomic mass is 10.1. The van der Waals surface area contributed by atoms with Gasteiger partial charge in [-0.2, -0.15) is 5.26 Å². The lowest BCUT2D eigenvalue weighted by Gasteiger charge is -2.00. The number of benzene rings is 2. The Morgan fingerprint density at radius 3 is 2.57 bits per heavy atom. The maximum absolute atomic E-state index is 13.8. The molecule has 0 unspecified atom stereocenters. The topological polar surface area (TPSA) is 36.9 Å². The summed E-state index contributed by atoms with van der Waals surface area (Å²) in [5.41, 5.74) is 0.955. The molecule has 112 valence electrons. The fourth-order valence-electron chi connectivity index (χ4n) is 2.22. The number of halogens is 2. The van der Waals surface area contributed by atoms with Crippen LogP contribution in [0, 0.1) is 23.0 Å². The van der Waals surface area contributed by atoms with E-state index in [2.05, 4.69) is 0 Å². The zero-order valence-electron chi connectivity index (χ0n) is 12.0. The molecule has 1 aromatic heterocycles. The Hall–Kier alpha value is -3.19. The van der Waals surface area contributed by atoms with Gasteiger partial charge in [-0.25, -0.2) is 8.78 Å². The van der Waals surface area contributed by atoms with Crippen LogP contribution in [0.15, 0.2) is 65.1 Å². The molecule has 4 heteroatoms. The number of hydrogen-bond acceptors (Lipinski definition) is 2. The Kier molecular flexibility index (Phi) is 4.03. The molecule has 2 nitrogen and oxygen atoms in total. The highest BCUT2D eigenvalue weighted by molar-refractivity contribution is 5.89. The Morgan fingerprint density at radius 2 is 1.83 bits per heavy atom. The normalized spacial score (nSPS) is 11.3. The summed E-state index contributed by atoms with van der Waals surface area (Å²) in [6.45, 7) is 0. The molecule has 0 atom stereocenters. The molecule has 0 aliphatic carbocycles. The van der Waals surface area contributed by atoms with E-state index in [1.165, 1.54) is 30.3 Å². The van der Waals surface area contributed by atoms with Crippen molar-refractivity contribution in [3.63, 3.8) is 0 Å². The van der Waals surface area contributed by atoms with Crippen molar-refractivity contribution in [1.82, 2.24) is 0 Å². The second-order valence-electron chi connectivity index (χ2n) is 4.86. The molecule has 0 fully saturated rings. The van der Waals surface area contributed by atoms with Crippen molar-refractivity contribution in [1.29, 1.82) is 5.26 Å². The molecular formula is C19H11F2NO. The molecule has 0 radical (unpaired) electrons. The van der Waals surface area contributed by atoms with E-state index >= 15 is 0 Å². The smallest absolute Gasteiger partial charge is 0.134 e. The summed E-state index contributed by atoms with van der Waals surface area (Å²) in [4.78, 5) is 0. The molecule has 0 spiro atoms. The Bertz CT molecular complexity index is 919. The van der Waals surface area contributed by atoms with Crippen molar-refractivity contribution in [2.24, 2.45) is 0 Å². The molecule has 0 aliphatic heterocycles. The first-order chi connectivity index (χ1) is 11.2. The average molecular weight is 307 g/mol. The van der Waals surface area contributed by atoms with Gasteiger partial charge >= 0.3 is 0 Å². The number of hydrogen-bond donors (Lipinski definition) is 0. The van der Waals surface area contributed by atoms with Gasteiger partial charge in [-0.1, -0.05) is 30.3 Å². The highest BCUT2D eigenvalue weighted by atomic mass is 19.1. The van der Waals surface area contributed by atoms with Crippen LogP contribution in [0.3, 0.4) is 0 Å². The fraction of sp³-hybridized carbons (Fsp3) is 0. The average Bonchev–Trinajstić information content (AvgIpc) is 3.02. The summed E-state index contributed by atoms with van der Waals surface area (Å²) in [6, 6.07) is 17.3. The van der Waals surface area contributed by atoms with Crippen molar-refractivity contribution >= 4 is 11.6 Å². The van der Waals surface area contributed by atoms with Crippen molar-refractivity contribution in [2.45, 2.75) is 0 Å². The maximum atomic E-state index is 13.8. The molecule has 0 N–H and O–H groups in total. The number of nitriles is 1. The van der Waals surface area contributed by atoms with Gasteiger partial charge in [0.25, 0.3) is 0 Å². The number of allylic oxidation sites excluding steroid dienone is 1. The van der Waals surface area contributed by atoms with Crippen molar-refractivity contribution in [3.8, 4) is 17.4 Å². The summed E-state index contributed by atoms with van der Waals surface area (Å²) in [6.07, 6.45) is 1.46. The molecule has 0 aliphatic rings. The molecule has 0 bridgehead atoms. The molecule has 2 aromatic carbocycles. The van der Waals surface area contributed by atoms with Gasteiger partial charge in [0.05, 0.1) is 11.6 Å². The zero-order chi connectivity index (χ0) is 16.2. The zero-order valence-corrected chi connectivity index (χ0v) is 12.0. The predicted octanol–water partition coefficient (Wildman–Crippen LogP) is 5.29. The van der Waals surface area contributed by atoms with Crippen molar-refractivity contribution in [3.05, 3.63) is 83.6 Å². The minimum atomic E-state index is -0.475. The van der Waals surface area contributed by atoms with Crippen LogP contribution in [-0.4, -0.2) is 0 Å². The van der Waals surface area contributed by atoms with E-state index in [0.29, 0.717) is 17.1 Å². The van der Waals surface area contributed by atoms with Crippen LogP contribution in [0.1, 0.15) is 11.3 Å².